The lowest BCUT2D eigenvalue weighted by atomic mass is 10.0. The van der Waals surface area contributed by atoms with E-state index < -0.39 is 35.8 Å². The molecule has 2 aliphatic rings. The zero-order valence-electron chi connectivity index (χ0n) is 16.6. The standard InChI is InChI=1S/C20H22F3N3O4/c1-11(2)10-26-17(28)14-4-3-12(9-15(14)18(26)29)16(27)24-13-5-7-25(8-6-13)19(30)20(21,22)23/h3-4,9,11,13H,5-8,10H2,1-2H3,(H,24,27). The molecule has 0 unspecified atom stereocenters. The zero-order chi connectivity index (χ0) is 22.2. The van der Waals surface area contributed by atoms with Crippen molar-refractivity contribution in [3.63, 3.8) is 0 Å². The number of nitrogens with one attached hydrogen (secondary N) is 1. The number of alkyl halides is 3. The van der Waals surface area contributed by atoms with Gasteiger partial charge >= 0.3 is 12.1 Å². The summed E-state index contributed by atoms with van der Waals surface area (Å²) in [5, 5.41) is 2.73. The largest absolute Gasteiger partial charge is 0.471 e. The van der Waals surface area contributed by atoms with Crippen molar-refractivity contribution in [2.75, 3.05) is 19.6 Å². The fourth-order valence-electron chi connectivity index (χ4n) is 3.64. The Labute approximate surface area is 171 Å². The molecule has 3 rings (SSSR count). The number of hydrogen-bond donors (Lipinski definition) is 1. The van der Waals surface area contributed by atoms with Gasteiger partial charge in [0, 0.05) is 31.2 Å². The van der Waals surface area contributed by atoms with Crippen LogP contribution in [-0.2, 0) is 4.79 Å². The first-order valence-electron chi connectivity index (χ1n) is 9.66. The monoisotopic (exact) mass is 425 g/mol. The SMILES string of the molecule is CC(C)CN1C(=O)c2ccc(C(=O)NC3CCN(C(=O)C(F)(F)F)CC3)cc2C1=O. The van der Waals surface area contributed by atoms with Crippen molar-refractivity contribution in [1.82, 2.24) is 15.1 Å². The van der Waals surface area contributed by atoms with Gasteiger partial charge in [0.1, 0.15) is 0 Å². The molecule has 0 aromatic heterocycles. The van der Waals surface area contributed by atoms with Gasteiger partial charge in [0.15, 0.2) is 0 Å². The summed E-state index contributed by atoms with van der Waals surface area (Å²) in [6, 6.07) is 3.86. The molecule has 0 radical (unpaired) electrons. The normalized spacial score (nSPS) is 17.5. The average molecular weight is 425 g/mol. The summed E-state index contributed by atoms with van der Waals surface area (Å²) in [6.45, 7) is 3.84. The van der Waals surface area contributed by atoms with E-state index in [0.29, 0.717) is 0 Å². The number of fused-ring (bicyclic) bond motifs is 1. The number of likely N-dealkylation sites (tertiary alicyclic amines) is 1. The average Bonchev–Trinajstić information content (AvgIpc) is 2.91. The maximum Gasteiger partial charge on any atom is 0.471 e. The second kappa shape index (κ2) is 8.08. The molecule has 1 N–H and O–H groups in total. The summed E-state index contributed by atoms with van der Waals surface area (Å²) in [6.07, 6.45) is -4.52. The van der Waals surface area contributed by atoms with Crippen LogP contribution in [0, 0.1) is 5.92 Å². The maximum atomic E-state index is 12.6. The lowest BCUT2D eigenvalue weighted by molar-refractivity contribution is -0.186. The van der Waals surface area contributed by atoms with E-state index in [1.807, 2.05) is 13.8 Å². The van der Waals surface area contributed by atoms with Gasteiger partial charge in [-0.2, -0.15) is 13.2 Å². The third-order valence-corrected chi connectivity index (χ3v) is 5.14. The van der Waals surface area contributed by atoms with Crippen LogP contribution in [0.3, 0.4) is 0 Å². The number of amides is 4. The van der Waals surface area contributed by atoms with Crippen LogP contribution >= 0.6 is 0 Å². The first-order chi connectivity index (χ1) is 14.0. The maximum absolute atomic E-state index is 12.6. The van der Waals surface area contributed by atoms with E-state index in [1.54, 1.807) is 0 Å². The van der Waals surface area contributed by atoms with Gasteiger partial charge in [-0.05, 0) is 37.0 Å². The van der Waals surface area contributed by atoms with Crippen LogP contribution in [0.1, 0.15) is 57.8 Å². The van der Waals surface area contributed by atoms with E-state index in [-0.39, 0.29) is 55.1 Å². The first-order valence-corrected chi connectivity index (χ1v) is 9.66. The minimum Gasteiger partial charge on any atom is -0.349 e. The van der Waals surface area contributed by atoms with Gasteiger partial charge in [-0.1, -0.05) is 13.8 Å². The number of imide groups is 1. The number of piperidine rings is 1. The molecule has 1 aromatic rings. The summed E-state index contributed by atoms with van der Waals surface area (Å²) >= 11 is 0. The molecule has 0 bridgehead atoms. The molecule has 7 nitrogen and oxygen atoms in total. The summed E-state index contributed by atoms with van der Waals surface area (Å²) in [4.78, 5) is 50.6. The van der Waals surface area contributed by atoms with Crippen molar-refractivity contribution in [2.45, 2.75) is 38.9 Å². The Hall–Kier alpha value is -2.91. The Morgan fingerprint density at radius 1 is 1.10 bits per heavy atom. The molecule has 4 amide bonds. The van der Waals surface area contributed by atoms with Crippen LogP contribution in [0.4, 0.5) is 13.2 Å². The molecule has 0 spiro atoms. The molecule has 1 saturated heterocycles. The highest BCUT2D eigenvalue weighted by Gasteiger charge is 2.43. The molecule has 1 fully saturated rings. The van der Waals surface area contributed by atoms with Crippen LogP contribution < -0.4 is 5.32 Å². The summed E-state index contributed by atoms with van der Waals surface area (Å²) in [7, 11) is 0. The van der Waals surface area contributed by atoms with Gasteiger partial charge in [-0.25, -0.2) is 0 Å². The predicted molar refractivity (Wildman–Crippen MR) is 99.8 cm³/mol. The number of carbonyl (C=O) groups is 4. The van der Waals surface area contributed by atoms with E-state index in [4.69, 9.17) is 0 Å². The number of rotatable bonds is 4. The molecule has 10 heteroatoms. The molecule has 2 heterocycles. The van der Waals surface area contributed by atoms with Crippen molar-refractivity contribution in [3.8, 4) is 0 Å². The smallest absolute Gasteiger partial charge is 0.349 e. The van der Waals surface area contributed by atoms with Crippen molar-refractivity contribution < 1.29 is 32.3 Å². The lowest BCUT2D eigenvalue weighted by Gasteiger charge is -2.32. The van der Waals surface area contributed by atoms with Crippen LogP contribution in [-0.4, -0.2) is 65.3 Å². The molecule has 162 valence electrons. The highest BCUT2D eigenvalue weighted by atomic mass is 19.4. The van der Waals surface area contributed by atoms with E-state index >= 15 is 0 Å². The van der Waals surface area contributed by atoms with Gasteiger partial charge in [-0.3, -0.25) is 24.1 Å². The van der Waals surface area contributed by atoms with Crippen molar-refractivity contribution in [1.29, 1.82) is 0 Å². The Balaban J connectivity index is 1.63. The first kappa shape index (κ1) is 21.8. The van der Waals surface area contributed by atoms with Gasteiger partial charge in [0.25, 0.3) is 17.7 Å². The third-order valence-electron chi connectivity index (χ3n) is 5.14. The van der Waals surface area contributed by atoms with E-state index in [9.17, 15) is 32.3 Å². The summed E-state index contributed by atoms with van der Waals surface area (Å²) in [5.41, 5.74) is 0.602. The molecule has 0 aliphatic carbocycles. The van der Waals surface area contributed by atoms with Gasteiger partial charge in [0.05, 0.1) is 11.1 Å². The Morgan fingerprint density at radius 3 is 2.27 bits per heavy atom. The molecule has 0 atom stereocenters. The molecule has 30 heavy (non-hydrogen) atoms. The quantitative estimate of drug-likeness (QED) is 0.750. The van der Waals surface area contributed by atoms with Crippen molar-refractivity contribution in [3.05, 3.63) is 34.9 Å². The van der Waals surface area contributed by atoms with E-state index in [1.165, 1.54) is 18.2 Å². The highest BCUT2D eigenvalue weighted by molar-refractivity contribution is 6.22. The number of carbonyl (C=O) groups excluding carboxylic acids is 4. The van der Waals surface area contributed by atoms with Gasteiger partial charge in [-0.15, -0.1) is 0 Å². The second-order valence-electron chi connectivity index (χ2n) is 7.91. The molecular weight excluding hydrogens is 403 g/mol. The molecule has 1 aromatic carbocycles. The lowest BCUT2D eigenvalue weighted by Crippen LogP contribution is -2.50. The Kier molecular flexibility index (Phi) is 5.87. The van der Waals surface area contributed by atoms with Crippen molar-refractivity contribution >= 4 is 23.6 Å². The molecule has 2 aliphatic heterocycles. The Bertz CT molecular complexity index is 890. The van der Waals surface area contributed by atoms with Crippen LogP contribution in [0.2, 0.25) is 0 Å². The second-order valence-corrected chi connectivity index (χ2v) is 7.91. The Morgan fingerprint density at radius 2 is 1.70 bits per heavy atom. The predicted octanol–water partition coefficient (Wildman–Crippen LogP) is 2.22. The number of nitrogens with zero attached hydrogens (tertiary/aromatic N) is 2. The number of hydrogen-bond acceptors (Lipinski definition) is 4. The minimum atomic E-state index is -4.91. The minimum absolute atomic E-state index is 0.102. The topological polar surface area (TPSA) is 86.8 Å². The number of benzene rings is 1. The summed E-state index contributed by atoms with van der Waals surface area (Å²) < 4.78 is 37.5. The van der Waals surface area contributed by atoms with Crippen molar-refractivity contribution in [2.24, 2.45) is 5.92 Å². The van der Waals surface area contributed by atoms with E-state index in [2.05, 4.69) is 5.32 Å². The fraction of sp³-hybridized carbons (Fsp3) is 0.500. The van der Waals surface area contributed by atoms with Crippen LogP contribution in [0.5, 0.6) is 0 Å². The third kappa shape index (κ3) is 4.31. The van der Waals surface area contributed by atoms with Crippen LogP contribution in [0.25, 0.3) is 0 Å². The fourth-order valence-corrected chi connectivity index (χ4v) is 3.64. The molecule has 0 saturated carbocycles. The van der Waals surface area contributed by atoms with E-state index in [0.717, 1.165) is 9.80 Å². The summed E-state index contributed by atoms with van der Waals surface area (Å²) in [5.74, 6) is -3.10. The zero-order valence-corrected chi connectivity index (χ0v) is 16.6. The number of halogens is 3. The van der Waals surface area contributed by atoms with Gasteiger partial charge < -0.3 is 10.2 Å². The molecular formula is C20H22F3N3O4. The van der Waals surface area contributed by atoms with Crippen LogP contribution in [0.15, 0.2) is 18.2 Å². The highest BCUT2D eigenvalue weighted by Crippen LogP contribution is 2.25. The van der Waals surface area contributed by atoms with Gasteiger partial charge in [0.2, 0.25) is 0 Å².